The summed E-state index contributed by atoms with van der Waals surface area (Å²) < 4.78 is 18.5. The maximum atomic E-state index is 12.9. The molecule has 0 amide bonds. The molecule has 0 bridgehead atoms. The van der Waals surface area contributed by atoms with Gasteiger partial charge in [-0.15, -0.1) is 45.3 Å². The molecule has 54 heavy (non-hydrogen) atoms. The minimum atomic E-state index is -0.250. The standard InChI is InChI=1S/C14H9ClFNS.C8H5ClINS.C8H7ClN2S.C8H8N2S.CH4/c1-8-17-14-12(18-8)7-6-11(13(14)15)9-2-4-10(16)5-3-9;2*1-4-11-8-6(12-4)3-2-5(10)7(8)9;1-5-10-7-4-6(9)2-3-8(7)11-5;/h2-7H,1H3;2-3H,1H3;2-3H,10H2,1H3;2-4H,9H2,1H3;1H4. The van der Waals surface area contributed by atoms with Crippen LogP contribution in [0.1, 0.15) is 27.5 Å². The second-order valence-corrected chi connectivity index (χ2v) is 18.7. The van der Waals surface area contributed by atoms with Gasteiger partial charge in [0.25, 0.3) is 0 Å². The van der Waals surface area contributed by atoms with Gasteiger partial charge in [0.15, 0.2) is 0 Å². The van der Waals surface area contributed by atoms with Crippen molar-refractivity contribution < 1.29 is 4.39 Å². The van der Waals surface area contributed by atoms with Crippen LogP contribution < -0.4 is 11.5 Å². The molecule has 4 aromatic heterocycles. The molecule has 9 rings (SSSR count). The summed E-state index contributed by atoms with van der Waals surface area (Å²) in [6, 6.07) is 23.9. The van der Waals surface area contributed by atoms with Gasteiger partial charge in [-0.2, -0.15) is 0 Å². The summed E-state index contributed by atoms with van der Waals surface area (Å²) in [6.45, 7) is 7.91. The highest BCUT2D eigenvalue weighted by atomic mass is 127. The van der Waals surface area contributed by atoms with E-state index in [1.807, 2.05) is 76.2 Å². The lowest BCUT2D eigenvalue weighted by atomic mass is 10.1. The summed E-state index contributed by atoms with van der Waals surface area (Å²) in [5, 5.41) is 6.12. The van der Waals surface area contributed by atoms with Crippen molar-refractivity contribution in [3.05, 3.63) is 123 Å². The van der Waals surface area contributed by atoms with Gasteiger partial charge in [-0.1, -0.05) is 60.4 Å². The van der Waals surface area contributed by atoms with E-state index in [1.54, 1.807) is 57.5 Å². The third-order valence-corrected chi connectivity index (χ3v) is 13.6. The molecule has 0 aliphatic carbocycles. The van der Waals surface area contributed by atoms with Crippen LogP contribution in [0, 0.1) is 37.1 Å². The van der Waals surface area contributed by atoms with Crippen LogP contribution >= 0.6 is 103 Å². The van der Waals surface area contributed by atoms with E-state index in [9.17, 15) is 4.39 Å². The highest BCUT2D eigenvalue weighted by Gasteiger charge is 2.12. The quantitative estimate of drug-likeness (QED) is 0.125. The van der Waals surface area contributed by atoms with Crippen LogP contribution in [-0.4, -0.2) is 19.9 Å². The molecule has 0 atom stereocenters. The summed E-state index contributed by atoms with van der Waals surface area (Å²) >= 11 is 27.2. The first-order valence-electron chi connectivity index (χ1n) is 15.7. The fourth-order valence-electron chi connectivity index (χ4n) is 5.12. The number of nitrogens with zero attached hydrogens (tertiary/aromatic N) is 4. The van der Waals surface area contributed by atoms with Crippen LogP contribution in [0.2, 0.25) is 15.1 Å². The number of hydrogen-bond donors (Lipinski definition) is 2. The average molecular weight is 966 g/mol. The van der Waals surface area contributed by atoms with Crippen LogP contribution in [0.3, 0.4) is 0 Å². The van der Waals surface area contributed by atoms with Crippen molar-refractivity contribution in [3.8, 4) is 11.1 Å². The molecule has 0 aliphatic rings. The van der Waals surface area contributed by atoms with Crippen molar-refractivity contribution in [2.24, 2.45) is 0 Å². The fraction of sp³-hybridized carbons (Fsp3) is 0.128. The predicted molar refractivity (Wildman–Crippen MR) is 246 cm³/mol. The molecule has 4 heterocycles. The van der Waals surface area contributed by atoms with E-state index in [4.69, 9.17) is 46.3 Å². The molecule has 9 aromatic rings. The number of anilines is 2. The molecule has 0 aliphatic heterocycles. The zero-order valence-corrected chi connectivity index (χ0v) is 36.2. The van der Waals surface area contributed by atoms with Crippen LogP contribution in [0.15, 0.2) is 78.9 Å². The van der Waals surface area contributed by atoms with E-state index >= 15 is 0 Å². The lowest BCUT2D eigenvalue weighted by Crippen LogP contribution is -1.85. The Labute approximate surface area is 357 Å². The number of aryl methyl sites for hydroxylation is 4. The first kappa shape index (κ1) is 41.9. The number of halogens is 5. The first-order valence-corrected chi connectivity index (χ1v) is 21.2. The molecule has 0 saturated heterocycles. The second kappa shape index (κ2) is 18.2. The largest absolute Gasteiger partial charge is 0.399 e. The SMILES string of the molecule is C.Cc1nc2c(Cl)c(-c3ccc(F)cc3)ccc2s1.Cc1nc2c(Cl)c(I)ccc2s1.Cc1nc2c(Cl)c(N)ccc2s1.Cc1nc2cc(N)ccc2s1. The van der Waals surface area contributed by atoms with Crippen molar-refractivity contribution in [1.29, 1.82) is 0 Å². The van der Waals surface area contributed by atoms with Crippen LogP contribution in [0.25, 0.3) is 52.0 Å². The number of benzene rings is 5. The molecule has 278 valence electrons. The maximum Gasteiger partial charge on any atom is 0.123 e. The van der Waals surface area contributed by atoms with Gasteiger partial charge in [-0.05, 0) is 117 Å². The summed E-state index contributed by atoms with van der Waals surface area (Å²) in [6.07, 6.45) is 0. The third-order valence-electron chi connectivity index (χ3n) is 7.47. The van der Waals surface area contributed by atoms with Crippen molar-refractivity contribution in [2.75, 3.05) is 11.5 Å². The van der Waals surface area contributed by atoms with Crippen molar-refractivity contribution in [3.63, 3.8) is 0 Å². The number of nitrogen functional groups attached to an aromatic ring is 2. The Morgan fingerprint density at radius 1 is 0.556 bits per heavy atom. The van der Waals surface area contributed by atoms with Gasteiger partial charge in [0.1, 0.15) is 22.4 Å². The molecule has 0 saturated carbocycles. The van der Waals surface area contributed by atoms with Gasteiger partial charge in [-0.25, -0.2) is 24.3 Å². The van der Waals surface area contributed by atoms with E-state index in [1.165, 1.54) is 16.8 Å². The minimum absolute atomic E-state index is 0. The first-order chi connectivity index (χ1) is 25.3. The van der Waals surface area contributed by atoms with E-state index in [-0.39, 0.29) is 13.2 Å². The monoisotopic (exact) mass is 964 g/mol. The number of thiazole rings is 4. The van der Waals surface area contributed by atoms with Gasteiger partial charge in [0, 0.05) is 14.8 Å². The molecule has 6 nitrogen and oxygen atoms in total. The van der Waals surface area contributed by atoms with Gasteiger partial charge >= 0.3 is 0 Å². The van der Waals surface area contributed by atoms with Crippen LogP contribution in [-0.2, 0) is 0 Å². The van der Waals surface area contributed by atoms with Gasteiger partial charge in [-0.3, -0.25) is 0 Å². The lowest BCUT2D eigenvalue weighted by Gasteiger charge is -2.04. The van der Waals surface area contributed by atoms with E-state index < -0.39 is 0 Å². The zero-order chi connectivity index (χ0) is 38.0. The number of fused-ring (bicyclic) bond motifs is 4. The normalized spacial score (nSPS) is 10.7. The Balaban J connectivity index is 0.000000141. The molecule has 0 radical (unpaired) electrons. The minimum Gasteiger partial charge on any atom is -0.399 e. The zero-order valence-electron chi connectivity index (χ0n) is 28.5. The maximum absolute atomic E-state index is 12.9. The van der Waals surface area contributed by atoms with Crippen molar-refractivity contribution in [1.82, 2.24) is 19.9 Å². The molecular weight excluding hydrogens is 933 g/mol. The molecule has 0 spiro atoms. The van der Waals surface area contributed by atoms with Gasteiger partial charge in [0.2, 0.25) is 0 Å². The topological polar surface area (TPSA) is 104 Å². The van der Waals surface area contributed by atoms with Gasteiger partial charge < -0.3 is 11.5 Å². The summed E-state index contributed by atoms with van der Waals surface area (Å²) in [4.78, 5) is 17.4. The lowest BCUT2D eigenvalue weighted by molar-refractivity contribution is 0.628. The molecule has 5 aromatic carbocycles. The Kier molecular flexibility index (Phi) is 14.1. The second-order valence-electron chi connectivity index (χ2n) is 11.5. The Morgan fingerprint density at radius 2 is 1.02 bits per heavy atom. The number of hydrogen-bond acceptors (Lipinski definition) is 10. The predicted octanol–water partition coefficient (Wildman–Crippen LogP) is 14.6. The Morgan fingerprint density at radius 3 is 1.61 bits per heavy atom. The molecular formula is C39H33Cl3FIN6S4. The van der Waals surface area contributed by atoms with Crippen molar-refractivity contribution in [2.45, 2.75) is 35.1 Å². The van der Waals surface area contributed by atoms with Crippen molar-refractivity contribution >= 4 is 155 Å². The Hall–Kier alpha value is -3.21. The van der Waals surface area contributed by atoms with E-state index in [0.29, 0.717) is 15.7 Å². The van der Waals surface area contributed by atoms with Crippen LogP contribution in [0.4, 0.5) is 15.8 Å². The number of nitrogens with two attached hydrogens (primary N) is 2. The summed E-state index contributed by atoms with van der Waals surface area (Å²) in [5.41, 5.74) is 18.0. The Bertz CT molecular complexity index is 2640. The number of rotatable bonds is 1. The highest BCUT2D eigenvalue weighted by molar-refractivity contribution is 14.1. The molecule has 4 N–H and O–H groups in total. The van der Waals surface area contributed by atoms with Gasteiger partial charge in [0.05, 0.1) is 65.1 Å². The molecule has 0 fully saturated rings. The summed E-state index contributed by atoms with van der Waals surface area (Å²) in [5.74, 6) is -0.250. The van der Waals surface area contributed by atoms with E-state index in [0.717, 1.165) is 81.6 Å². The highest BCUT2D eigenvalue weighted by Crippen LogP contribution is 2.36. The smallest absolute Gasteiger partial charge is 0.123 e. The van der Waals surface area contributed by atoms with Crippen LogP contribution in [0.5, 0.6) is 0 Å². The molecule has 0 unspecified atom stereocenters. The summed E-state index contributed by atoms with van der Waals surface area (Å²) in [7, 11) is 0. The third kappa shape index (κ3) is 9.77. The number of aromatic nitrogens is 4. The average Bonchev–Trinajstić information content (AvgIpc) is 3.90. The van der Waals surface area contributed by atoms with E-state index in [2.05, 4.69) is 48.6 Å². The molecule has 15 heteroatoms. The fourth-order valence-corrected chi connectivity index (χ4v) is 9.77.